The summed E-state index contributed by atoms with van der Waals surface area (Å²) in [5.74, 6) is 0. The lowest BCUT2D eigenvalue weighted by Gasteiger charge is -2.00. The van der Waals surface area contributed by atoms with Crippen LogP contribution in [0, 0.1) is 0 Å². The Bertz CT molecular complexity index is 379. The number of rotatable bonds is 5. The van der Waals surface area contributed by atoms with Crippen molar-refractivity contribution in [2.45, 2.75) is 26.7 Å². The lowest BCUT2D eigenvalue weighted by atomic mass is 10.1. The maximum Gasteiger partial charge on any atom is -0.0257 e. The first-order valence-corrected chi connectivity index (χ1v) is 6.35. The van der Waals surface area contributed by atoms with E-state index < -0.39 is 0 Å². The first kappa shape index (κ1) is 16.2. The fraction of sp³-hybridized carbons (Fsp3) is 0.222. The number of benzene rings is 1. The topological polar surface area (TPSA) is 0 Å². The first-order chi connectivity index (χ1) is 8.65. The molecule has 0 aliphatic carbocycles. The van der Waals surface area contributed by atoms with Crippen LogP contribution in [0.2, 0.25) is 0 Å². The van der Waals surface area contributed by atoms with Gasteiger partial charge in [-0.15, -0.1) is 0 Å². The van der Waals surface area contributed by atoms with Crippen LogP contribution in [-0.2, 0) is 0 Å². The lowest BCUT2D eigenvalue weighted by Crippen LogP contribution is -1.80. The molecule has 0 aliphatic rings. The molecule has 0 heteroatoms. The van der Waals surface area contributed by atoms with Crippen molar-refractivity contribution in [2.24, 2.45) is 0 Å². The SMILES string of the molecule is C=C(CC)C(=C)CC.C=C/C=C/c1ccccc1. The molecule has 0 aliphatic heterocycles. The van der Waals surface area contributed by atoms with Gasteiger partial charge < -0.3 is 0 Å². The quantitative estimate of drug-likeness (QED) is 0.570. The lowest BCUT2D eigenvalue weighted by molar-refractivity contribution is 1.04. The fourth-order valence-corrected chi connectivity index (χ4v) is 1.24. The Morgan fingerprint density at radius 3 is 1.89 bits per heavy atom. The number of hydrogen-bond donors (Lipinski definition) is 0. The summed E-state index contributed by atoms with van der Waals surface area (Å²) < 4.78 is 0. The summed E-state index contributed by atoms with van der Waals surface area (Å²) in [6.45, 7) is 15.5. The molecule has 0 bridgehead atoms. The molecular formula is C18H24. The van der Waals surface area contributed by atoms with Gasteiger partial charge in [0.2, 0.25) is 0 Å². The molecule has 0 unspecified atom stereocenters. The third kappa shape index (κ3) is 7.45. The Hall–Kier alpha value is -1.82. The molecule has 18 heavy (non-hydrogen) atoms. The van der Waals surface area contributed by atoms with Crippen LogP contribution in [0.4, 0.5) is 0 Å². The van der Waals surface area contributed by atoms with Crippen molar-refractivity contribution in [3.8, 4) is 0 Å². The highest BCUT2D eigenvalue weighted by Crippen LogP contribution is 2.11. The van der Waals surface area contributed by atoms with Gasteiger partial charge in [0.05, 0.1) is 0 Å². The van der Waals surface area contributed by atoms with Gasteiger partial charge in [-0.3, -0.25) is 0 Å². The van der Waals surface area contributed by atoms with E-state index in [1.807, 2.05) is 30.4 Å². The van der Waals surface area contributed by atoms with Gasteiger partial charge in [-0.1, -0.05) is 93.3 Å². The van der Waals surface area contributed by atoms with Crippen LogP contribution in [-0.4, -0.2) is 0 Å². The molecule has 0 amide bonds. The molecule has 1 aromatic carbocycles. The summed E-state index contributed by atoms with van der Waals surface area (Å²) >= 11 is 0. The van der Waals surface area contributed by atoms with Crippen LogP contribution in [0.15, 0.2) is 73.4 Å². The molecule has 1 rings (SSSR count). The van der Waals surface area contributed by atoms with Crippen LogP contribution in [0.3, 0.4) is 0 Å². The Balaban J connectivity index is 0.000000331. The third-order valence-corrected chi connectivity index (χ3v) is 2.58. The van der Waals surface area contributed by atoms with Crippen molar-refractivity contribution in [1.82, 2.24) is 0 Å². The summed E-state index contributed by atoms with van der Waals surface area (Å²) in [5, 5.41) is 0. The smallest absolute Gasteiger partial charge is 0.0257 e. The molecule has 0 N–H and O–H groups in total. The maximum absolute atomic E-state index is 3.84. The van der Waals surface area contributed by atoms with E-state index in [1.165, 1.54) is 16.7 Å². The van der Waals surface area contributed by atoms with Crippen molar-refractivity contribution >= 4 is 6.08 Å². The summed E-state index contributed by atoms with van der Waals surface area (Å²) in [4.78, 5) is 0. The van der Waals surface area contributed by atoms with Crippen molar-refractivity contribution < 1.29 is 0 Å². The monoisotopic (exact) mass is 240 g/mol. The molecule has 1 aromatic rings. The highest BCUT2D eigenvalue weighted by molar-refractivity contribution is 5.50. The van der Waals surface area contributed by atoms with E-state index in [2.05, 4.69) is 45.7 Å². The number of allylic oxidation sites excluding steroid dienone is 4. The van der Waals surface area contributed by atoms with Gasteiger partial charge in [-0.2, -0.15) is 0 Å². The average molecular weight is 240 g/mol. The van der Waals surface area contributed by atoms with Gasteiger partial charge in [0.1, 0.15) is 0 Å². The molecule has 0 saturated heterocycles. The second kappa shape index (κ2) is 10.3. The van der Waals surface area contributed by atoms with E-state index in [1.54, 1.807) is 6.08 Å². The zero-order valence-electron chi connectivity index (χ0n) is 11.7. The predicted octanol–water partition coefficient (Wildman–Crippen LogP) is 5.80. The summed E-state index contributed by atoms with van der Waals surface area (Å²) in [7, 11) is 0. The Kier molecular flexibility index (Phi) is 9.30. The largest absolute Gasteiger partial charge is 0.0991 e. The number of hydrogen-bond acceptors (Lipinski definition) is 0. The highest BCUT2D eigenvalue weighted by atomic mass is 14.0. The van der Waals surface area contributed by atoms with E-state index in [0.717, 1.165) is 12.8 Å². The van der Waals surface area contributed by atoms with Gasteiger partial charge in [0, 0.05) is 0 Å². The van der Waals surface area contributed by atoms with Gasteiger partial charge in [-0.05, 0) is 18.4 Å². The highest BCUT2D eigenvalue weighted by Gasteiger charge is 1.90. The second-order valence-electron chi connectivity index (χ2n) is 3.92. The summed E-state index contributed by atoms with van der Waals surface area (Å²) in [6, 6.07) is 10.1. The molecule has 0 aromatic heterocycles. The summed E-state index contributed by atoms with van der Waals surface area (Å²) in [5.41, 5.74) is 3.59. The van der Waals surface area contributed by atoms with E-state index in [-0.39, 0.29) is 0 Å². The van der Waals surface area contributed by atoms with Gasteiger partial charge in [0.15, 0.2) is 0 Å². The fourth-order valence-electron chi connectivity index (χ4n) is 1.24. The Labute approximate surface area is 112 Å². The zero-order valence-corrected chi connectivity index (χ0v) is 11.7. The molecule has 0 saturated carbocycles. The first-order valence-electron chi connectivity index (χ1n) is 6.35. The molecule has 0 radical (unpaired) electrons. The van der Waals surface area contributed by atoms with E-state index in [4.69, 9.17) is 0 Å². The van der Waals surface area contributed by atoms with Crippen molar-refractivity contribution in [3.05, 3.63) is 78.9 Å². The van der Waals surface area contributed by atoms with E-state index >= 15 is 0 Å². The van der Waals surface area contributed by atoms with Crippen LogP contribution < -0.4 is 0 Å². The van der Waals surface area contributed by atoms with Crippen molar-refractivity contribution in [3.63, 3.8) is 0 Å². The molecule has 0 nitrogen and oxygen atoms in total. The van der Waals surface area contributed by atoms with Crippen LogP contribution in [0.1, 0.15) is 32.3 Å². The van der Waals surface area contributed by atoms with Crippen LogP contribution >= 0.6 is 0 Å². The molecule has 0 spiro atoms. The molecule has 0 fully saturated rings. The predicted molar refractivity (Wildman–Crippen MR) is 84.5 cm³/mol. The minimum Gasteiger partial charge on any atom is -0.0991 e. The minimum atomic E-state index is 1.03. The summed E-state index contributed by atoms with van der Waals surface area (Å²) in [6.07, 6.45) is 7.79. The molecule has 96 valence electrons. The zero-order chi connectivity index (χ0) is 13.8. The standard InChI is InChI=1S/C10H10.C8H14/c1-2-3-7-10-8-5-4-6-9-10;1-5-7(3)8(4)6-2/h2-9H,1H2;3-6H2,1-2H3/b7-3+;. The van der Waals surface area contributed by atoms with Gasteiger partial charge in [-0.25, -0.2) is 0 Å². The van der Waals surface area contributed by atoms with Crippen molar-refractivity contribution in [2.75, 3.05) is 0 Å². The minimum absolute atomic E-state index is 1.03. The molecule has 0 heterocycles. The van der Waals surface area contributed by atoms with Gasteiger partial charge >= 0.3 is 0 Å². The third-order valence-electron chi connectivity index (χ3n) is 2.58. The Morgan fingerprint density at radius 2 is 1.50 bits per heavy atom. The van der Waals surface area contributed by atoms with Crippen LogP contribution in [0.25, 0.3) is 6.08 Å². The normalized spacial score (nSPS) is 9.44. The van der Waals surface area contributed by atoms with Crippen molar-refractivity contribution in [1.29, 1.82) is 0 Å². The van der Waals surface area contributed by atoms with E-state index in [0.29, 0.717) is 0 Å². The average Bonchev–Trinajstić information content (AvgIpc) is 2.45. The molecule has 0 atom stereocenters. The van der Waals surface area contributed by atoms with E-state index in [9.17, 15) is 0 Å². The molecular weight excluding hydrogens is 216 g/mol. The van der Waals surface area contributed by atoms with Crippen LogP contribution in [0.5, 0.6) is 0 Å². The second-order valence-corrected chi connectivity index (χ2v) is 3.92. The Morgan fingerprint density at radius 1 is 1.00 bits per heavy atom. The van der Waals surface area contributed by atoms with Gasteiger partial charge in [0.25, 0.3) is 0 Å². The maximum atomic E-state index is 3.84.